The summed E-state index contributed by atoms with van der Waals surface area (Å²) in [5.41, 5.74) is 0.219. The zero-order valence-electron chi connectivity index (χ0n) is 14.1. The molecular formula is C18H17ClN4O3. The van der Waals surface area contributed by atoms with Crippen LogP contribution in [0.1, 0.15) is 12.5 Å². The van der Waals surface area contributed by atoms with Crippen molar-refractivity contribution >= 4 is 28.7 Å². The van der Waals surface area contributed by atoms with Gasteiger partial charge in [0.2, 0.25) is 5.91 Å². The third kappa shape index (κ3) is 3.52. The van der Waals surface area contributed by atoms with Crippen molar-refractivity contribution in [3.05, 3.63) is 73.9 Å². The number of amides is 1. The van der Waals surface area contributed by atoms with E-state index in [1.807, 2.05) is 6.07 Å². The first-order valence-electron chi connectivity index (χ1n) is 8.10. The molecule has 0 saturated heterocycles. The van der Waals surface area contributed by atoms with Crippen LogP contribution in [0.2, 0.25) is 5.02 Å². The van der Waals surface area contributed by atoms with Crippen LogP contribution in [0.25, 0.3) is 11.2 Å². The highest BCUT2D eigenvalue weighted by atomic mass is 35.5. The number of nitrogens with one attached hydrogen (secondary N) is 1. The number of benzene rings is 1. The minimum absolute atomic E-state index is 0.263. The summed E-state index contributed by atoms with van der Waals surface area (Å²) < 4.78 is 2.46. The molecule has 3 aromatic rings. The number of halogens is 1. The summed E-state index contributed by atoms with van der Waals surface area (Å²) >= 11 is 5.92. The van der Waals surface area contributed by atoms with Crippen LogP contribution >= 0.6 is 11.6 Å². The molecule has 0 fully saturated rings. The summed E-state index contributed by atoms with van der Waals surface area (Å²) in [5.74, 6) is -0.383. The molecule has 7 nitrogen and oxygen atoms in total. The monoisotopic (exact) mass is 372 g/mol. The van der Waals surface area contributed by atoms with Crippen molar-refractivity contribution in [2.24, 2.45) is 0 Å². The number of aryl methyl sites for hydroxylation is 1. The second kappa shape index (κ2) is 7.53. The number of nitrogens with zero attached hydrogens (tertiary/aromatic N) is 3. The average Bonchev–Trinajstić information content (AvgIpc) is 2.64. The van der Waals surface area contributed by atoms with Crippen LogP contribution in [0.15, 0.2) is 52.2 Å². The van der Waals surface area contributed by atoms with Gasteiger partial charge in [0.15, 0.2) is 5.65 Å². The Morgan fingerprint density at radius 3 is 2.65 bits per heavy atom. The minimum atomic E-state index is -0.745. The highest BCUT2D eigenvalue weighted by Crippen LogP contribution is 2.10. The maximum absolute atomic E-state index is 12.4. The molecule has 8 heteroatoms. The fourth-order valence-corrected chi connectivity index (χ4v) is 2.95. The number of aromatic nitrogens is 3. The molecule has 0 aliphatic rings. The van der Waals surface area contributed by atoms with E-state index in [0.717, 1.165) is 10.1 Å². The molecule has 0 radical (unpaired) electrons. The van der Waals surface area contributed by atoms with Crippen LogP contribution in [0.3, 0.4) is 0 Å². The zero-order valence-corrected chi connectivity index (χ0v) is 14.9. The fourth-order valence-electron chi connectivity index (χ4n) is 2.74. The van der Waals surface area contributed by atoms with Crippen LogP contribution in [-0.2, 0) is 24.4 Å². The molecule has 26 heavy (non-hydrogen) atoms. The number of hydrogen-bond donors (Lipinski definition) is 1. The first kappa shape index (κ1) is 17.9. The number of pyridine rings is 1. The molecule has 1 amide bonds. The van der Waals surface area contributed by atoms with E-state index in [9.17, 15) is 14.4 Å². The van der Waals surface area contributed by atoms with Crippen molar-refractivity contribution in [3.63, 3.8) is 0 Å². The normalized spacial score (nSPS) is 10.8. The minimum Gasteiger partial charge on any atom is -0.350 e. The Labute approximate surface area is 153 Å². The van der Waals surface area contributed by atoms with Crippen LogP contribution in [0.4, 0.5) is 0 Å². The highest BCUT2D eigenvalue weighted by molar-refractivity contribution is 6.30. The first-order valence-corrected chi connectivity index (χ1v) is 8.48. The number of rotatable bonds is 5. The molecule has 0 aliphatic carbocycles. The van der Waals surface area contributed by atoms with Gasteiger partial charge in [-0.05, 0) is 36.8 Å². The third-order valence-corrected chi connectivity index (χ3v) is 4.22. The summed E-state index contributed by atoms with van der Waals surface area (Å²) in [5, 5.41) is 3.31. The Morgan fingerprint density at radius 2 is 1.92 bits per heavy atom. The lowest BCUT2D eigenvalue weighted by atomic mass is 10.2. The summed E-state index contributed by atoms with van der Waals surface area (Å²) in [4.78, 5) is 41.2. The Morgan fingerprint density at radius 1 is 1.15 bits per heavy atom. The number of carbonyl (C=O) groups is 1. The molecule has 0 aliphatic heterocycles. The lowest BCUT2D eigenvalue weighted by Gasteiger charge is -2.13. The summed E-state index contributed by atoms with van der Waals surface area (Å²) in [6.45, 7) is 2.10. The molecule has 0 atom stereocenters. The number of hydrogen-bond acceptors (Lipinski definition) is 4. The molecule has 3 rings (SSSR count). The standard InChI is InChI=1S/C18H17ClN4O3/c1-2-22-16-14(7-4-8-20-16)23(18(26)17(22)25)11-15(24)21-10-12-5-3-6-13(19)9-12/h3-9H,2,10-11H2,1H3,(H,21,24). The third-order valence-electron chi connectivity index (χ3n) is 3.98. The van der Waals surface area contributed by atoms with Gasteiger partial charge in [-0.25, -0.2) is 4.98 Å². The van der Waals surface area contributed by atoms with Crippen LogP contribution in [0.5, 0.6) is 0 Å². The topological polar surface area (TPSA) is 86.0 Å². The molecule has 2 heterocycles. The van der Waals surface area contributed by atoms with Gasteiger partial charge >= 0.3 is 11.1 Å². The van der Waals surface area contributed by atoms with E-state index in [-0.39, 0.29) is 19.0 Å². The van der Waals surface area contributed by atoms with Crippen molar-refractivity contribution in [2.45, 2.75) is 26.6 Å². The zero-order chi connectivity index (χ0) is 18.7. The molecule has 0 spiro atoms. The maximum atomic E-state index is 12.4. The Balaban J connectivity index is 1.89. The van der Waals surface area contributed by atoms with Gasteiger partial charge in [0.05, 0.1) is 5.52 Å². The van der Waals surface area contributed by atoms with Gasteiger partial charge in [-0.1, -0.05) is 23.7 Å². The molecule has 134 valence electrons. The van der Waals surface area contributed by atoms with E-state index in [2.05, 4.69) is 10.3 Å². The summed E-state index contributed by atoms with van der Waals surface area (Å²) in [6.07, 6.45) is 1.54. The van der Waals surface area contributed by atoms with Gasteiger partial charge in [-0.2, -0.15) is 0 Å². The van der Waals surface area contributed by atoms with E-state index in [0.29, 0.717) is 22.7 Å². The second-order valence-electron chi connectivity index (χ2n) is 5.69. The van der Waals surface area contributed by atoms with E-state index in [1.54, 1.807) is 43.5 Å². The predicted octanol–water partition coefficient (Wildman–Crippen LogP) is 1.55. The molecule has 1 aromatic carbocycles. The summed E-state index contributed by atoms with van der Waals surface area (Å²) in [7, 11) is 0. The predicted molar refractivity (Wildman–Crippen MR) is 99.2 cm³/mol. The van der Waals surface area contributed by atoms with Gasteiger partial charge in [0, 0.05) is 24.3 Å². The van der Waals surface area contributed by atoms with Crippen molar-refractivity contribution < 1.29 is 4.79 Å². The lowest BCUT2D eigenvalue weighted by Crippen LogP contribution is -2.43. The van der Waals surface area contributed by atoms with Gasteiger partial charge < -0.3 is 5.32 Å². The van der Waals surface area contributed by atoms with Crippen LogP contribution in [0, 0.1) is 0 Å². The number of carbonyl (C=O) groups excluding carboxylic acids is 1. The second-order valence-corrected chi connectivity index (χ2v) is 6.13. The van der Waals surface area contributed by atoms with E-state index in [1.165, 1.54) is 4.57 Å². The molecule has 0 unspecified atom stereocenters. The van der Waals surface area contributed by atoms with Gasteiger partial charge in [-0.15, -0.1) is 0 Å². The Bertz CT molecular complexity index is 1090. The largest absolute Gasteiger partial charge is 0.350 e. The van der Waals surface area contributed by atoms with Crippen LogP contribution in [-0.4, -0.2) is 20.0 Å². The molecular weight excluding hydrogens is 356 g/mol. The van der Waals surface area contributed by atoms with Crippen molar-refractivity contribution in [1.29, 1.82) is 0 Å². The van der Waals surface area contributed by atoms with Gasteiger partial charge in [0.25, 0.3) is 0 Å². The maximum Gasteiger partial charge on any atom is 0.318 e. The van der Waals surface area contributed by atoms with Gasteiger partial charge in [-0.3, -0.25) is 23.5 Å². The quantitative estimate of drug-likeness (QED) is 0.688. The SMILES string of the molecule is CCn1c(=O)c(=O)n(CC(=O)NCc2cccc(Cl)c2)c2cccnc21. The molecule has 1 N–H and O–H groups in total. The van der Waals surface area contributed by atoms with Crippen molar-refractivity contribution in [3.8, 4) is 0 Å². The van der Waals surface area contributed by atoms with Gasteiger partial charge in [0.1, 0.15) is 6.54 Å². The first-order chi connectivity index (χ1) is 12.5. The van der Waals surface area contributed by atoms with Crippen molar-refractivity contribution in [1.82, 2.24) is 19.4 Å². The lowest BCUT2D eigenvalue weighted by molar-refractivity contribution is -0.121. The van der Waals surface area contributed by atoms with E-state index < -0.39 is 11.1 Å². The highest BCUT2D eigenvalue weighted by Gasteiger charge is 2.15. The Kier molecular flexibility index (Phi) is 5.18. The van der Waals surface area contributed by atoms with E-state index >= 15 is 0 Å². The molecule has 0 saturated carbocycles. The van der Waals surface area contributed by atoms with E-state index in [4.69, 9.17) is 11.6 Å². The molecule has 0 bridgehead atoms. The summed E-state index contributed by atoms with van der Waals surface area (Å²) in [6, 6.07) is 10.4. The average molecular weight is 373 g/mol. The smallest absolute Gasteiger partial charge is 0.318 e. The molecule has 2 aromatic heterocycles. The van der Waals surface area contributed by atoms with Crippen LogP contribution < -0.4 is 16.4 Å². The van der Waals surface area contributed by atoms with Crippen molar-refractivity contribution in [2.75, 3.05) is 0 Å². The number of fused-ring (bicyclic) bond motifs is 1. The fraction of sp³-hybridized carbons (Fsp3) is 0.222. The Hall–Kier alpha value is -2.93.